The summed E-state index contributed by atoms with van der Waals surface area (Å²) in [5.41, 5.74) is 1.44. The molecule has 110 valence electrons. The van der Waals surface area contributed by atoms with Crippen LogP contribution in [0.15, 0.2) is 36.4 Å². The number of nitro groups is 1. The Morgan fingerprint density at radius 3 is 2.68 bits per heavy atom. The van der Waals surface area contributed by atoms with Gasteiger partial charge < -0.3 is 10.4 Å². The Balaban J connectivity index is 2.10. The highest BCUT2D eigenvalue weighted by Gasteiger charge is 2.24. The fourth-order valence-corrected chi connectivity index (χ4v) is 2.41. The number of carbonyl (C=O) groups excluding carboxylic acids is 1. The van der Waals surface area contributed by atoms with E-state index in [0.717, 1.165) is 12.1 Å². The van der Waals surface area contributed by atoms with E-state index in [1.165, 1.54) is 12.1 Å². The monoisotopic (exact) mass is 315 g/mol. The lowest BCUT2D eigenvalue weighted by molar-refractivity contribution is -0.398. The third-order valence-electron chi connectivity index (χ3n) is 3.26. The Hall–Kier alpha value is -2.86. The highest BCUT2D eigenvalue weighted by Crippen LogP contribution is 2.35. The van der Waals surface area contributed by atoms with Crippen LogP contribution in [0.2, 0.25) is 5.02 Å². The molecule has 1 aliphatic rings. The van der Waals surface area contributed by atoms with Gasteiger partial charge in [0.05, 0.1) is 4.92 Å². The van der Waals surface area contributed by atoms with Crippen LogP contribution in [0.4, 0.5) is 11.4 Å². The minimum absolute atomic E-state index is 0.328. The van der Waals surface area contributed by atoms with Gasteiger partial charge in [0.2, 0.25) is 0 Å². The number of benzene rings is 2. The van der Waals surface area contributed by atoms with Crippen molar-refractivity contribution in [1.82, 2.24) is 0 Å². The van der Waals surface area contributed by atoms with Gasteiger partial charge in [0.15, 0.2) is 0 Å². The summed E-state index contributed by atoms with van der Waals surface area (Å²) >= 11 is 5.93. The van der Waals surface area contributed by atoms with E-state index in [4.69, 9.17) is 11.6 Å². The zero-order valence-corrected chi connectivity index (χ0v) is 11.8. The molecule has 1 amide bonds. The molecule has 1 aliphatic heterocycles. The van der Waals surface area contributed by atoms with E-state index in [-0.39, 0.29) is 5.91 Å². The Labute approximate surface area is 129 Å². The van der Waals surface area contributed by atoms with Gasteiger partial charge >= 0.3 is 0 Å². The van der Waals surface area contributed by atoms with Crippen LogP contribution in [-0.4, -0.2) is 10.8 Å². The summed E-state index contributed by atoms with van der Waals surface area (Å²) in [6.45, 7) is 0. The number of nitrogens with one attached hydrogen (secondary N) is 1. The number of carbonyl (C=O) groups is 1. The van der Waals surface area contributed by atoms with E-state index in [2.05, 4.69) is 5.32 Å². The zero-order chi connectivity index (χ0) is 15.9. The van der Waals surface area contributed by atoms with E-state index in [0.29, 0.717) is 27.4 Å². The second-order valence-corrected chi connectivity index (χ2v) is 5.12. The van der Waals surface area contributed by atoms with Crippen molar-refractivity contribution in [2.24, 2.45) is 0 Å². The van der Waals surface area contributed by atoms with Crippen LogP contribution in [0.1, 0.15) is 11.1 Å². The number of halogens is 1. The van der Waals surface area contributed by atoms with Crippen molar-refractivity contribution < 1.29 is 14.8 Å². The predicted octanol–water partition coefficient (Wildman–Crippen LogP) is 2.81. The van der Waals surface area contributed by atoms with E-state index in [1.54, 1.807) is 18.2 Å². The van der Waals surface area contributed by atoms with Crippen molar-refractivity contribution in [1.29, 1.82) is 0 Å². The summed E-state index contributed by atoms with van der Waals surface area (Å²) in [7, 11) is 0. The lowest BCUT2D eigenvalue weighted by atomic mass is 10.0. The lowest BCUT2D eigenvalue weighted by Crippen LogP contribution is -2.03. The molecule has 0 fully saturated rings. The third-order valence-corrected chi connectivity index (χ3v) is 3.49. The minimum atomic E-state index is -0.746. The van der Waals surface area contributed by atoms with Crippen LogP contribution >= 0.6 is 11.6 Å². The first kappa shape index (κ1) is 14.1. The molecule has 0 spiro atoms. The summed E-state index contributed by atoms with van der Waals surface area (Å²) in [5, 5.41) is 25.4. The Kier molecular flexibility index (Phi) is 3.30. The van der Waals surface area contributed by atoms with Gasteiger partial charge in [-0.25, -0.2) is 0 Å². The smallest absolute Gasteiger partial charge is 0.262 e. The molecule has 0 saturated heterocycles. The molecule has 1 N–H and O–H groups in total. The maximum atomic E-state index is 12.0. The van der Waals surface area contributed by atoms with Crippen molar-refractivity contribution in [2.75, 3.05) is 5.32 Å². The first-order valence-corrected chi connectivity index (χ1v) is 6.62. The number of hydrogen-bond donors (Lipinski definition) is 1. The van der Waals surface area contributed by atoms with Gasteiger partial charge in [-0.05, 0) is 35.6 Å². The highest BCUT2D eigenvalue weighted by molar-refractivity contribution is 6.36. The number of rotatable bonds is 2. The molecule has 6 nitrogen and oxygen atoms in total. The molecule has 0 aliphatic carbocycles. The summed E-state index contributed by atoms with van der Waals surface area (Å²) in [5.74, 6) is -1.00. The fraction of sp³-hybridized carbons (Fsp3) is 0. The van der Waals surface area contributed by atoms with Crippen LogP contribution in [0.3, 0.4) is 0 Å². The standard InChI is InChI=1S/C15H9ClN2O4/c16-9-2-3-12-10(7-9)11(15(20)17-12)5-8-1-4-14(19)13(6-8)18(21)22/h1-7,19H,(H,17,20)/p-1/b11-5+. The van der Waals surface area contributed by atoms with Crippen LogP contribution in [0, 0.1) is 10.1 Å². The van der Waals surface area contributed by atoms with Crippen molar-refractivity contribution in [2.45, 2.75) is 0 Å². The minimum Gasteiger partial charge on any atom is -0.868 e. The molecule has 2 aromatic rings. The topological polar surface area (TPSA) is 95.3 Å². The van der Waals surface area contributed by atoms with E-state index in [1.807, 2.05) is 0 Å². The maximum absolute atomic E-state index is 12.0. The van der Waals surface area contributed by atoms with E-state index >= 15 is 0 Å². The molecule has 22 heavy (non-hydrogen) atoms. The predicted molar refractivity (Wildman–Crippen MR) is 80.5 cm³/mol. The summed E-state index contributed by atoms with van der Waals surface area (Å²) in [4.78, 5) is 22.1. The molecule has 0 saturated carbocycles. The first-order valence-electron chi connectivity index (χ1n) is 6.24. The molecular formula is C15H8ClN2O4-. The SMILES string of the molecule is O=C1Nc2ccc(Cl)cc2/C1=C\c1ccc([O-])c([N+](=O)[O-])c1. The van der Waals surface area contributed by atoms with Gasteiger partial charge in [0.25, 0.3) is 11.6 Å². The largest absolute Gasteiger partial charge is 0.868 e. The lowest BCUT2D eigenvalue weighted by Gasteiger charge is -2.06. The van der Waals surface area contributed by atoms with Crippen LogP contribution in [0.5, 0.6) is 5.75 Å². The summed E-state index contributed by atoms with van der Waals surface area (Å²) in [6.07, 6.45) is 1.49. The summed E-state index contributed by atoms with van der Waals surface area (Å²) in [6, 6.07) is 8.65. The molecule has 0 aromatic heterocycles. The maximum Gasteiger partial charge on any atom is 0.262 e. The molecule has 2 aromatic carbocycles. The van der Waals surface area contributed by atoms with Gasteiger partial charge in [-0.2, -0.15) is 0 Å². The second kappa shape index (κ2) is 5.16. The number of anilines is 1. The molecule has 0 radical (unpaired) electrons. The molecule has 7 heteroatoms. The molecule has 1 heterocycles. The average Bonchev–Trinajstić information content (AvgIpc) is 2.76. The quantitative estimate of drug-likeness (QED) is 0.523. The van der Waals surface area contributed by atoms with Crippen LogP contribution in [0.25, 0.3) is 11.6 Å². The van der Waals surface area contributed by atoms with Crippen molar-refractivity contribution in [3.8, 4) is 5.75 Å². The van der Waals surface area contributed by atoms with E-state index < -0.39 is 16.4 Å². The van der Waals surface area contributed by atoms with Crippen molar-refractivity contribution in [3.05, 3.63) is 62.7 Å². The molecule has 0 atom stereocenters. The second-order valence-electron chi connectivity index (χ2n) is 4.69. The third kappa shape index (κ3) is 2.40. The number of nitro benzene ring substituents is 1. The molecule has 3 rings (SSSR count). The van der Waals surface area contributed by atoms with Gasteiger partial charge in [0, 0.05) is 27.9 Å². The number of amides is 1. The molecule has 0 bridgehead atoms. The highest BCUT2D eigenvalue weighted by atomic mass is 35.5. The zero-order valence-electron chi connectivity index (χ0n) is 11.0. The van der Waals surface area contributed by atoms with E-state index in [9.17, 15) is 20.0 Å². The molecular weight excluding hydrogens is 308 g/mol. The summed E-state index contributed by atoms with van der Waals surface area (Å²) < 4.78 is 0. The Morgan fingerprint density at radius 1 is 1.18 bits per heavy atom. The van der Waals surface area contributed by atoms with Crippen molar-refractivity contribution >= 4 is 40.5 Å². The first-order chi connectivity index (χ1) is 10.5. The van der Waals surface area contributed by atoms with Gasteiger partial charge in [-0.1, -0.05) is 23.7 Å². The molecule has 0 unspecified atom stereocenters. The van der Waals surface area contributed by atoms with Gasteiger partial charge in [-0.15, -0.1) is 0 Å². The van der Waals surface area contributed by atoms with Crippen LogP contribution in [-0.2, 0) is 4.79 Å². The Morgan fingerprint density at radius 2 is 1.95 bits per heavy atom. The normalized spacial score (nSPS) is 14.8. The van der Waals surface area contributed by atoms with Crippen LogP contribution < -0.4 is 10.4 Å². The Bertz CT molecular complexity index is 845. The fourth-order valence-electron chi connectivity index (χ4n) is 2.24. The van der Waals surface area contributed by atoms with Crippen molar-refractivity contribution in [3.63, 3.8) is 0 Å². The average molecular weight is 316 g/mol. The van der Waals surface area contributed by atoms with Gasteiger partial charge in [-0.3, -0.25) is 14.9 Å². The van der Waals surface area contributed by atoms with Gasteiger partial charge in [0.1, 0.15) is 0 Å². The number of fused-ring (bicyclic) bond motifs is 1. The number of hydrogen-bond acceptors (Lipinski definition) is 4. The number of nitrogens with zero attached hydrogens (tertiary/aromatic N) is 1.